The third-order valence-corrected chi connectivity index (χ3v) is 3.18. The fourth-order valence-corrected chi connectivity index (χ4v) is 2.00. The predicted molar refractivity (Wildman–Crippen MR) is 79.6 cm³/mol. The van der Waals surface area contributed by atoms with Gasteiger partial charge in [0.15, 0.2) is 5.75 Å². The van der Waals surface area contributed by atoms with E-state index in [9.17, 15) is 0 Å². The summed E-state index contributed by atoms with van der Waals surface area (Å²) in [5, 5.41) is 4.33. The highest BCUT2D eigenvalue weighted by molar-refractivity contribution is 5.38. The molecule has 0 atom stereocenters. The van der Waals surface area contributed by atoms with E-state index in [0.717, 1.165) is 22.7 Å². The molecule has 1 aromatic heterocycles. The van der Waals surface area contributed by atoms with Crippen molar-refractivity contribution in [2.75, 3.05) is 0 Å². The van der Waals surface area contributed by atoms with Crippen molar-refractivity contribution < 1.29 is 4.74 Å². The number of ether oxygens (including phenoxy) is 1. The van der Waals surface area contributed by atoms with Crippen molar-refractivity contribution in [2.45, 2.75) is 13.8 Å². The Morgan fingerprint density at radius 3 is 2.45 bits per heavy atom. The van der Waals surface area contributed by atoms with E-state index in [1.54, 1.807) is 6.20 Å². The summed E-state index contributed by atoms with van der Waals surface area (Å²) in [4.78, 5) is 0. The Hall–Kier alpha value is -2.55. The lowest BCUT2D eigenvalue weighted by Gasteiger charge is -2.05. The molecule has 0 radical (unpaired) electrons. The van der Waals surface area contributed by atoms with Crippen LogP contribution in [0.1, 0.15) is 11.1 Å². The minimum Gasteiger partial charge on any atom is -0.454 e. The summed E-state index contributed by atoms with van der Waals surface area (Å²) in [6.07, 6.45) is 3.61. The summed E-state index contributed by atoms with van der Waals surface area (Å²) in [6.45, 7) is 4.10. The molecule has 0 N–H and O–H groups in total. The van der Waals surface area contributed by atoms with E-state index < -0.39 is 0 Å². The third-order valence-electron chi connectivity index (χ3n) is 3.18. The van der Waals surface area contributed by atoms with E-state index in [-0.39, 0.29) is 0 Å². The minimum absolute atomic E-state index is 0.736. The Morgan fingerprint density at radius 1 is 0.950 bits per heavy atom. The summed E-state index contributed by atoms with van der Waals surface area (Å²) in [6, 6.07) is 16.2. The average Bonchev–Trinajstić information content (AvgIpc) is 2.91. The largest absolute Gasteiger partial charge is 0.454 e. The predicted octanol–water partition coefficient (Wildman–Crippen LogP) is 4.28. The summed E-state index contributed by atoms with van der Waals surface area (Å²) in [5.74, 6) is 1.59. The number of nitrogens with zero attached hydrogens (tertiary/aromatic N) is 2. The van der Waals surface area contributed by atoms with Crippen molar-refractivity contribution in [3.8, 4) is 17.2 Å². The van der Waals surface area contributed by atoms with Crippen LogP contribution in [0.15, 0.2) is 60.9 Å². The Kier molecular flexibility index (Phi) is 3.25. The van der Waals surface area contributed by atoms with Crippen molar-refractivity contribution >= 4 is 0 Å². The molecule has 0 aliphatic rings. The molecule has 1 heterocycles. The summed E-state index contributed by atoms with van der Waals surface area (Å²) < 4.78 is 7.66. The maximum Gasteiger partial charge on any atom is 0.165 e. The molecular weight excluding hydrogens is 248 g/mol. The molecule has 2 aromatic carbocycles. The first kappa shape index (κ1) is 12.5. The van der Waals surface area contributed by atoms with E-state index in [4.69, 9.17) is 4.74 Å². The molecule has 0 saturated heterocycles. The molecule has 100 valence electrons. The van der Waals surface area contributed by atoms with Crippen LogP contribution in [0.5, 0.6) is 11.5 Å². The summed E-state index contributed by atoms with van der Waals surface area (Å²) in [5.41, 5.74) is 3.36. The lowest BCUT2D eigenvalue weighted by atomic mass is 10.2. The maximum atomic E-state index is 5.85. The Bertz CT molecular complexity index is 714. The lowest BCUT2D eigenvalue weighted by Crippen LogP contribution is -1.93. The standard InChI is InChI=1S/C17H16N2O/c1-13-7-9-15(10-8-13)19-12-16(11-18-19)20-17-6-4-3-5-14(17)2/h3-12H,1-2H3. The highest BCUT2D eigenvalue weighted by Crippen LogP contribution is 2.24. The maximum absolute atomic E-state index is 5.85. The van der Waals surface area contributed by atoms with Gasteiger partial charge in [0, 0.05) is 0 Å². The zero-order valence-corrected chi connectivity index (χ0v) is 11.6. The second-order valence-corrected chi connectivity index (χ2v) is 4.82. The molecule has 3 nitrogen and oxygen atoms in total. The second-order valence-electron chi connectivity index (χ2n) is 4.82. The topological polar surface area (TPSA) is 27.1 Å². The smallest absolute Gasteiger partial charge is 0.165 e. The Morgan fingerprint density at radius 2 is 1.70 bits per heavy atom. The average molecular weight is 264 g/mol. The first-order valence-corrected chi connectivity index (χ1v) is 6.57. The van der Waals surface area contributed by atoms with Gasteiger partial charge in [-0.25, -0.2) is 4.68 Å². The van der Waals surface area contributed by atoms with Gasteiger partial charge in [0.1, 0.15) is 5.75 Å². The number of hydrogen-bond donors (Lipinski definition) is 0. The van der Waals surface area contributed by atoms with Crippen molar-refractivity contribution in [1.82, 2.24) is 9.78 Å². The van der Waals surface area contributed by atoms with Gasteiger partial charge >= 0.3 is 0 Å². The molecule has 0 unspecified atom stereocenters. The number of para-hydroxylation sites is 1. The van der Waals surface area contributed by atoms with Crippen LogP contribution in [0, 0.1) is 13.8 Å². The van der Waals surface area contributed by atoms with Gasteiger partial charge in [-0.15, -0.1) is 0 Å². The zero-order valence-electron chi connectivity index (χ0n) is 11.6. The number of rotatable bonds is 3. The number of aryl methyl sites for hydroxylation is 2. The number of benzene rings is 2. The third kappa shape index (κ3) is 2.57. The lowest BCUT2D eigenvalue weighted by molar-refractivity contribution is 0.478. The van der Waals surface area contributed by atoms with Gasteiger partial charge in [0.05, 0.1) is 18.1 Å². The van der Waals surface area contributed by atoms with Gasteiger partial charge in [-0.3, -0.25) is 0 Å². The van der Waals surface area contributed by atoms with E-state index in [0.29, 0.717) is 0 Å². The first-order valence-electron chi connectivity index (χ1n) is 6.57. The first-order chi connectivity index (χ1) is 9.72. The molecule has 0 aliphatic carbocycles. The molecule has 3 aromatic rings. The number of hydrogen-bond acceptors (Lipinski definition) is 2. The molecule has 0 amide bonds. The SMILES string of the molecule is Cc1ccc(-n2cc(Oc3ccccc3C)cn2)cc1. The van der Waals surface area contributed by atoms with Crippen LogP contribution in [-0.2, 0) is 0 Å². The quantitative estimate of drug-likeness (QED) is 0.706. The molecule has 3 heteroatoms. The molecule has 0 aliphatic heterocycles. The molecule has 0 bridgehead atoms. The van der Waals surface area contributed by atoms with E-state index >= 15 is 0 Å². The van der Waals surface area contributed by atoms with E-state index in [1.807, 2.05) is 54.2 Å². The monoisotopic (exact) mass is 264 g/mol. The summed E-state index contributed by atoms with van der Waals surface area (Å²) >= 11 is 0. The van der Waals surface area contributed by atoms with Gasteiger partial charge in [-0.1, -0.05) is 35.9 Å². The van der Waals surface area contributed by atoms with Gasteiger partial charge in [0.2, 0.25) is 0 Å². The molecule has 20 heavy (non-hydrogen) atoms. The van der Waals surface area contributed by atoms with Crippen LogP contribution in [0.3, 0.4) is 0 Å². The van der Waals surface area contributed by atoms with Crippen LogP contribution in [-0.4, -0.2) is 9.78 Å². The van der Waals surface area contributed by atoms with E-state index in [2.05, 4.69) is 24.2 Å². The number of aromatic nitrogens is 2. The van der Waals surface area contributed by atoms with Crippen LogP contribution in [0.4, 0.5) is 0 Å². The minimum atomic E-state index is 0.736. The van der Waals surface area contributed by atoms with Gasteiger partial charge in [-0.2, -0.15) is 5.10 Å². The van der Waals surface area contributed by atoms with Crippen LogP contribution in [0.25, 0.3) is 5.69 Å². The van der Waals surface area contributed by atoms with E-state index in [1.165, 1.54) is 5.56 Å². The van der Waals surface area contributed by atoms with Crippen molar-refractivity contribution in [2.24, 2.45) is 0 Å². The van der Waals surface area contributed by atoms with Gasteiger partial charge in [0.25, 0.3) is 0 Å². The molecular formula is C17H16N2O. The highest BCUT2D eigenvalue weighted by atomic mass is 16.5. The van der Waals surface area contributed by atoms with Crippen molar-refractivity contribution in [3.63, 3.8) is 0 Å². The second kappa shape index (κ2) is 5.21. The molecule has 0 fully saturated rings. The Balaban J connectivity index is 1.84. The Labute approximate surface area is 118 Å². The van der Waals surface area contributed by atoms with Crippen LogP contribution in [0.2, 0.25) is 0 Å². The fraction of sp³-hybridized carbons (Fsp3) is 0.118. The van der Waals surface area contributed by atoms with Crippen LogP contribution >= 0.6 is 0 Å². The molecule has 0 saturated carbocycles. The normalized spacial score (nSPS) is 10.5. The molecule has 3 rings (SSSR count). The van der Waals surface area contributed by atoms with Crippen molar-refractivity contribution in [3.05, 3.63) is 72.1 Å². The van der Waals surface area contributed by atoms with Crippen molar-refractivity contribution in [1.29, 1.82) is 0 Å². The fourth-order valence-electron chi connectivity index (χ4n) is 2.00. The highest BCUT2D eigenvalue weighted by Gasteiger charge is 2.04. The van der Waals surface area contributed by atoms with Gasteiger partial charge in [-0.05, 0) is 37.6 Å². The summed E-state index contributed by atoms with van der Waals surface area (Å²) in [7, 11) is 0. The zero-order chi connectivity index (χ0) is 13.9. The molecule has 0 spiro atoms. The van der Waals surface area contributed by atoms with Crippen LogP contribution < -0.4 is 4.74 Å². The van der Waals surface area contributed by atoms with Gasteiger partial charge < -0.3 is 4.74 Å².